The van der Waals surface area contributed by atoms with Gasteiger partial charge < -0.3 is 14.2 Å². The third-order valence-corrected chi connectivity index (χ3v) is 15.2. The summed E-state index contributed by atoms with van der Waals surface area (Å²) >= 11 is 0. The molecule has 0 spiro atoms. The second-order valence-corrected chi connectivity index (χ2v) is 23.4. The third kappa shape index (κ3) is 68.7. The fourth-order valence-electron chi connectivity index (χ4n) is 9.94. The maximum Gasteiger partial charge on any atom is 0.306 e. The van der Waals surface area contributed by atoms with Gasteiger partial charge in [-0.05, 0) is 128 Å². The summed E-state index contributed by atoms with van der Waals surface area (Å²) < 4.78 is 16.9. The zero-order valence-electron chi connectivity index (χ0n) is 54.7. The van der Waals surface area contributed by atoms with Crippen LogP contribution < -0.4 is 0 Å². The van der Waals surface area contributed by atoms with Gasteiger partial charge in [0.1, 0.15) is 13.2 Å². The molecule has 1 unspecified atom stereocenters. The Labute approximate surface area is 514 Å². The van der Waals surface area contributed by atoms with Crippen LogP contribution in [0.2, 0.25) is 0 Å². The first kappa shape index (κ1) is 79.1. The van der Waals surface area contributed by atoms with Crippen LogP contribution in [0.1, 0.15) is 342 Å². The van der Waals surface area contributed by atoms with E-state index in [-0.39, 0.29) is 31.1 Å². The SMILES string of the molecule is CC/C=C\C/C=C\C/C=C\C/C=C\C/C=C\C/C=C\CCCCCCCCCCCCCCCCCCC(=O)OCC(COC(=O)CCCCCCC/C=C\CCCCCC)OC(=O)CCCCCCCCC/C=C\C/C=C\CCCCC. The van der Waals surface area contributed by atoms with Gasteiger partial charge in [-0.2, -0.15) is 0 Å². The monoisotopic (exact) mass is 1150 g/mol. The number of hydrogen-bond acceptors (Lipinski definition) is 6. The van der Waals surface area contributed by atoms with E-state index in [9.17, 15) is 14.4 Å². The average molecular weight is 1150 g/mol. The summed E-state index contributed by atoms with van der Waals surface area (Å²) in [5.74, 6) is -0.884. The molecule has 0 saturated carbocycles. The maximum atomic E-state index is 12.9. The van der Waals surface area contributed by atoms with Crippen molar-refractivity contribution in [1.82, 2.24) is 0 Å². The molecule has 476 valence electrons. The van der Waals surface area contributed by atoms with Gasteiger partial charge in [0.25, 0.3) is 0 Å². The number of rotatable bonds is 64. The summed E-state index contributed by atoms with van der Waals surface area (Å²) in [6.07, 6.45) is 96.9. The number of esters is 3. The van der Waals surface area contributed by atoms with Gasteiger partial charge >= 0.3 is 17.9 Å². The van der Waals surface area contributed by atoms with Crippen molar-refractivity contribution in [3.8, 4) is 0 Å². The molecule has 83 heavy (non-hydrogen) atoms. The van der Waals surface area contributed by atoms with Crippen molar-refractivity contribution in [2.75, 3.05) is 13.2 Å². The molecule has 0 bridgehead atoms. The maximum absolute atomic E-state index is 12.9. The molecule has 0 aromatic rings. The van der Waals surface area contributed by atoms with Crippen LogP contribution in [0.4, 0.5) is 0 Å². The topological polar surface area (TPSA) is 78.9 Å². The van der Waals surface area contributed by atoms with Crippen molar-refractivity contribution in [3.63, 3.8) is 0 Å². The van der Waals surface area contributed by atoms with E-state index in [1.54, 1.807) is 0 Å². The van der Waals surface area contributed by atoms with Gasteiger partial charge in [0.15, 0.2) is 6.10 Å². The number of allylic oxidation sites excluding steroid dienone is 18. The van der Waals surface area contributed by atoms with Gasteiger partial charge in [0.05, 0.1) is 0 Å². The van der Waals surface area contributed by atoms with Crippen LogP contribution in [0.5, 0.6) is 0 Å². The van der Waals surface area contributed by atoms with E-state index in [1.165, 1.54) is 186 Å². The first-order chi connectivity index (χ1) is 41.0. The lowest BCUT2D eigenvalue weighted by molar-refractivity contribution is -0.167. The highest BCUT2D eigenvalue weighted by molar-refractivity contribution is 5.71. The van der Waals surface area contributed by atoms with E-state index in [4.69, 9.17) is 14.2 Å². The molecular formula is C77H132O6. The third-order valence-electron chi connectivity index (χ3n) is 15.2. The molecule has 0 saturated heterocycles. The van der Waals surface area contributed by atoms with E-state index in [2.05, 4.69) is 130 Å². The second-order valence-electron chi connectivity index (χ2n) is 23.4. The fraction of sp³-hybridized carbons (Fsp3) is 0.727. The Balaban J connectivity index is 4.17. The Kier molecular flexibility index (Phi) is 67.2. The molecule has 0 aromatic carbocycles. The smallest absolute Gasteiger partial charge is 0.306 e. The van der Waals surface area contributed by atoms with Crippen LogP contribution in [0, 0.1) is 0 Å². The van der Waals surface area contributed by atoms with Gasteiger partial charge in [-0.25, -0.2) is 0 Å². The molecule has 0 radical (unpaired) electrons. The first-order valence-electron chi connectivity index (χ1n) is 35.4. The van der Waals surface area contributed by atoms with Crippen molar-refractivity contribution in [2.45, 2.75) is 348 Å². The Hall–Kier alpha value is -3.93. The molecule has 0 N–H and O–H groups in total. The van der Waals surface area contributed by atoms with Crippen molar-refractivity contribution in [2.24, 2.45) is 0 Å². The second kappa shape index (κ2) is 70.6. The van der Waals surface area contributed by atoms with E-state index in [1.807, 2.05) is 0 Å². The van der Waals surface area contributed by atoms with Crippen LogP contribution in [-0.2, 0) is 28.6 Å². The Morgan fingerprint density at radius 2 is 0.470 bits per heavy atom. The first-order valence-corrected chi connectivity index (χ1v) is 35.4. The molecule has 6 heteroatoms. The van der Waals surface area contributed by atoms with Crippen LogP contribution in [0.3, 0.4) is 0 Å². The van der Waals surface area contributed by atoms with Crippen LogP contribution in [-0.4, -0.2) is 37.2 Å². The standard InChI is InChI=1S/C77H132O6/c1-4-7-10-13-16-19-22-25-27-29-30-31-32-33-34-35-36-37-38-39-40-41-42-43-44-45-46-48-49-52-55-58-61-64-67-70-76(79)82-73-74(72-81-75(78)69-66-63-60-57-54-51-24-21-18-15-12-9-6-3)83-77(80)71-68-65-62-59-56-53-50-47-28-26-23-20-17-14-11-8-5-2/h7,10,16-17,19-21,24-28,30-31,33-34,36-37,74H,4-6,8-9,11-15,18,22-23,29,32,35,38-73H2,1-3H3/b10-7-,19-16-,20-17-,24-21-,27-25-,28-26-,31-30-,34-33-,37-36-. The lowest BCUT2D eigenvalue weighted by Gasteiger charge is -2.18. The number of ether oxygens (including phenoxy) is 3. The predicted molar refractivity (Wildman–Crippen MR) is 362 cm³/mol. The van der Waals surface area contributed by atoms with Gasteiger partial charge in [-0.15, -0.1) is 0 Å². The quantitative estimate of drug-likeness (QED) is 0.0261. The number of carbonyl (C=O) groups is 3. The highest BCUT2D eigenvalue weighted by Gasteiger charge is 2.19. The van der Waals surface area contributed by atoms with Gasteiger partial charge in [-0.1, -0.05) is 304 Å². The summed E-state index contributed by atoms with van der Waals surface area (Å²) in [5, 5.41) is 0. The highest BCUT2D eigenvalue weighted by atomic mass is 16.6. The minimum Gasteiger partial charge on any atom is -0.462 e. The van der Waals surface area contributed by atoms with E-state index >= 15 is 0 Å². The normalized spacial score (nSPS) is 12.8. The van der Waals surface area contributed by atoms with E-state index in [0.29, 0.717) is 19.3 Å². The van der Waals surface area contributed by atoms with Crippen molar-refractivity contribution >= 4 is 17.9 Å². The van der Waals surface area contributed by atoms with Gasteiger partial charge in [-0.3, -0.25) is 14.4 Å². The van der Waals surface area contributed by atoms with Crippen molar-refractivity contribution in [3.05, 3.63) is 109 Å². The van der Waals surface area contributed by atoms with Crippen molar-refractivity contribution < 1.29 is 28.6 Å². The van der Waals surface area contributed by atoms with Crippen LogP contribution in [0.15, 0.2) is 109 Å². The van der Waals surface area contributed by atoms with E-state index < -0.39 is 6.10 Å². The minimum absolute atomic E-state index is 0.0811. The molecule has 0 aliphatic rings. The summed E-state index contributed by atoms with van der Waals surface area (Å²) in [6.45, 7) is 6.50. The van der Waals surface area contributed by atoms with Crippen LogP contribution in [0.25, 0.3) is 0 Å². The van der Waals surface area contributed by atoms with Crippen molar-refractivity contribution in [1.29, 1.82) is 0 Å². The summed E-state index contributed by atoms with van der Waals surface area (Å²) in [7, 11) is 0. The molecule has 1 atom stereocenters. The molecule has 0 heterocycles. The molecular weight excluding hydrogens is 1020 g/mol. The molecule has 0 aromatic heterocycles. The fourth-order valence-corrected chi connectivity index (χ4v) is 9.94. The van der Waals surface area contributed by atoms with E-state index in [0.717, 1.165) is 116 Å². The van der Waals surface area contributed by atoms with Gasteiger partial charge in [0, 0.05) is 19.3 Å². The predicted octanol–water partition coefficient (Wildman–Crippen LogP) is 24.6. The Morgan fingerprint density at radius 1 is 0.253 bits per heavy atom. The Bertz CT molecular complexity index is 1660. The molecule has 0 fully saturated rings. The minimum atomic E-state index is -0.786. The number of unbranched alkanes of at least 4 members (excludes halogenated alkanes) is 35. The molecule has 0 aliphatic carbocycles. The lowest BCUT2D eigenvalue weighted by atomic mass is 10.0. The molecule has 0 amide bonds. The molecule has 0 aliphatic heterocycles. The Morgan fingerprint density at radius 3 is 0.771 bits per heavy atom. The summed E-state index contributed by atoms with van der Waals surface area (Å²) in [5.41, 5.74) is 0. The largest absolute Gasteiger partial charge is 0.462 e. The number of carbonyl (C=O) groups excluding carboxylic acids is 3. The highest BCUT2D eigenvalue weighted by Crippen LogP contribution is 2.17. The summed E-state index contributed by atoms with van der Waals surface area (Å²) in [6, 6.07) is 0. The summed E-state index contributed by atoms with van der Waals surface area (Å²) in [4.78, 5) is 38.4. The van der Waals surface area contributed by atoms with Gasteiger partial charge in [0.2, 0.25) is 0 Å². The zero-order valence-corrected chi connectivity index (χ0v) is 54.7. The van der Waals surface area contributed by atoms with Crippen LogP contribution >= 0.6 is 0 Å². The lowest BCUT2D eigenvalue weighted by Crippen LogP contribution is -2.30. The zero-order chi connectivity index (χ0) is 59.9. The molecule has 6 nitrogen and oxygen atoms in total. The average Bonchev–Trinajstić information content (AvgIpc) is 3.49. The molecule has 0 rings (SSSR count). The number of hydrogen-bond donors (Lipinski definition) is 0.